The van der Waals surface area contributed by atoms with Crippen LogP contribution in [0.2, 0.25) is 0 Å². The molecule has 0 unspecified atom stereocenters. The zero-order valence-corrected chi connectivity index (χ0v) is 12.3. The fraction of sp³-hybridized carbons (Fsp3) is 0.733. The van der Waals surface area contributed by atoms with Crippen LogP contribution < -0.4 is 5.73 Å². The van der Waals surface area contributed by atoms with Crippen LogP contribution in [0.4, 0.5) is 0 Å². The van der Waals surface area contributed by atoms with Crippen molar-refractivity contribution < 1.29 is 4.42 Å². The van der Waals surface area contributed by atoms with Crippen LogP contribution in [0.5, 0.6) is 0 Å². The molecule has 0 aliphatic heterocycles. The maximum atomic E-state index is 5.77. The minimum Gasteiger partial charge on any atom is -0.465 e. The summed E-state index contributed by atoms with van der Waals surface area (Å²) in [6, 6.07) is 2.10. The number of nitrogens with two attached hydrogens (primary N) is 1. The molecule has 0 atom stereocenters. The van der Waals surface area contributed by atoms with E-state index in [2.05, 4.69) is 31.7 Å². The molecule has 0 radical (unpaired) electrons. The fourth-order valence-electron chi connectivity index (χ4n) is 2.31. The maximum Gasteiger partial charge on any atom is 0.118 e. The molecule has 18 heavy (non-hydrogen) atoms. The number of rotatable bonds is 8. The second kappa shape index (κ2) is 7.59. The molecule has 3 nitrogen and oxygen atoms in total. The number of aryl methyl sites for hydroxylation is 1. The third-order valence-electron chi connectivity index (χ3n) is 3.79. The standard InChI is InChI=1S/C15H28N2O/c1-5-13(6-2)10-17(7-3)11-15-8-14(9-16)12(4)18-15/h8,13H,5-7,9-11,16H2,1-4H3. The van der Waals surface area contributed by atoms with Gasteiger partial charge in [0.1, 0.15) is 11.5 Å². The molecular weight excluding hydrogens is 224 g/mol. The van der Waals surface area contributed by atoms with Gasteiger partial charge in [-0.15, -0.1) is 0 Å². The molecular formula is C15H28N2O. The van der Waals surface area contributed by atoms with Crippen molar-refractivity contribution in [2.75, 3.05) is 13.1 Å². The van der Waals surface area contributed by atoms with Crippen molar-refractivity contribution in [2.45, 2.75) is 53.6 Å². The minimum atomic E-state index is 0.563. The zero-order valence-electron chi connectivity index (χ0n) is 12.3. The molecule has 0 fully saturated rings. The van der Waals surface area contributed by atoms with Gasteiger partial charge in [-0.3, -0.25) is 4.90 Å². The normalized spacial score (nSPS) is 11.7. The van der Waals surface area contributed by atoms with Gasteiger partial charge in [0, 0.05) is 18.7 Å². The van der Waals surface area contributed by atoms with E-state index in [0.717, 1.165) is 42.6 Å². The molecule has 2 N–H and O–H groups in total. The lowest BCUT2D eigenvalue weighted by atomic mass is 10.0. The highest BCUT2D eigenvalue weighted by atomic mass is 16.3. The fourth-order valence-corrected chi connectivity index (χ4v) is 2.31. The summed E-state index contributed by atoms with van der Waals surface area (Å²) in [6.45, 7) is 12.4. The smallest absolute Gasteiger partial charge is 0.118 e. The van der Waals surface area contributed by atoms with Gasteiger partial charge in [-0.25, -0.2) is 0 Å². The molecule has 0 aliphatic rings. The molecule has 0 saturated heterocycles. The highest BCUT2D eigenvalue weighted by Gasteiger charge is 2.13. The third kappa shape index (κ3) is 4.14. The van der Waals surface area contributed by atoms with Gasteiger partial charge >= 0.3 is 0 Å². The molecule has 1 rings (SSSR count). The Balaban J connectivity index is 2.61. The third-order valence-corrected chi connectivity index (χ3v) is 3.79. The van der Waals surface area contributed by atoms with E-state index in [4.69, 9.17) is 10.2 Å². The Kier molecular flexibility index (Phi) is 6.44. The second-order valence-corrected chi connectivity index (χ2v) is 5.01. The topological polar surface area (TPSA) is 42.4 Å². The Labute approximate surface area is 111 Å². The Morgan fingerprint density at radius 2 is 1.94 bits per heavy atom. The van der Waals surface area contributed by atoms with Crippen LogP contribution in [0.15, 0.2) is 10.5 Å². The summed E-state index contributed by atoms with van der Waals surface area (Å²) in [4.78, 5) is 2.45. The van der Waals surface area contributed by atoms with Gasteiger partial charge in [0.2, 0.25) is 0 Å². The number of hydrogen-bond acceptors (Lipinski definition) is 3. The molecule has 3 heteroatoms. The van der Waals surface area contributed by atoms with Crippen LogP contribution in [0.25, 0.3) is 0 Å². The Morgan fingerprint density at radius 3 is 2.39 bits per heavy atom. The molecule has 0 saturated carbocycles. The molecule has 104 valence electrons. The monoisotopic (exact) mass is 252 g/mol. The van der Waals surface area contributed by atoms with Gasteiger partial charge in [0.15, 0.2) is 0 Å². The van der Waals surface area contributed by atoms with Crippen LogP contribution in [0.1, 0.15) is 50.7 Å². The van der Waals surface area contributed by atoms with Gasteiger partial charge in [-0.1, -0.05) is 33.6 Å². The van der Waals surface area contributed by atoms with E-state index >= 15 is 0 Å². The van der Waals surface area contributed by atoms with E-state index in [-0.39, 0.29) is 0 Å². The first-order valence-electron chi connectivity index (χ1n) is 7.15. The molecule has 0 aromatic carbocycles. The predicted molar refractivity (Wildman–Crippen MR) is 76.4 cm³/mol. The quantitative estimate of drug-likeness (QED) is 0.772. The van der Waals surface area contributed by atoms with E-state index in [9.17, 15) is 0 Å². The van der Waals surface area contributed by atoms with Gasteiger partial charge in [0.05, 0.1) is 6.54 Å². The average molecular weight is 252 g/mol. The van der Waals surface area contributed by atoms with E-state index < -0.39 is 0 Å². The summed E-state index contributed by atoms with van der Waals surface area (Å²) in [5.74, 6) is 2.79. The lowest BCUT2D eigenvalue weighted by Gasteiger charge is -2.24. The van der Waals surface area contributed by atoms with Gasteiger partial charge < -0.3 is 10.2 Å². The molecule has 1 aromatic heterocycles. The number of nitrogens with zero attached hydrogens (tertiary/aromatic N) is 1. The first-order valence-corrected chi connectivity index (χ1v) is 7.15. The van der Waals surface area contributed by atoms with Crippen molar-refractivity contribution in [3.63, 3.8) is 0 Å². The summed E-state index contributed by atoms with van der Waals surface area (Å²) in [6.07, 6.45) is 2.50. The van der Waals surface area contributed by atoms with Gasteiger partial charge in [0.25, 0.3) is 0 Å². The first-order chi connectivity index (χ1) is 8.64. The Bertz CT molecular complexity index is 342. The summed E-state index contributed by atoms with van der Waals surface area (Å²) < 4.78 is 5.77. The van der Waals surface area contributed by atoms with E-state index in [1.165, 1.54) is 12.8 Å². The van der Waals surface area contributed by atoms with Gasteiger partial charge in [-0.2, -0.15) is 0 Å². The molecule has 0 spiro atoms. The molecule has 1 aromatic rings. The van der Waals surface area contributed by atoms with Crippen molar-refractivity contribution in [3.8, 4) is 0 Å². The summed E-state index contributed by atoms with van der Waals surface area (Å²) >= 11 is 0. The van der Waals surface area contributed by atoms with Crippen LogP contribution in [-0.4, -0.2) is 18.0 Å². The van der Waals surface area contributed by atoms with Crippen molar-refractivity contribution in [1.29, 1.82) is 0 Å². The minimum absolute atomic E-state index is 0.563. The average Bonchev–Trinajstić information content (AvgIpc) is 2.74. The Morgan fingerprint density at radius 1 is 1.28 bits per heavy atom. The zero-order chi connectivity index (χ0) is 13.5. The number of hydrogen-bond donors (Lipinski definition) is 1. The van der Waals surface area contributed by atoms with E-state index in [0.29, 0.717) is 6.54 Å². The van der Waals surface area contributed by atoms with Crippen molar-refractivity contribution in [1.82, 2.24) is 4.90 Å². The van der Waals surface area contributed by atoms with E-state index in [1.807, 2.05) is 6.92 Å². The Hall–Kier alpha value is -0.800. The van der Waals surface area contributed by atoms with Crippen molar-refractivity contribution in [3.05, 3.63) is 23.2 Å². The van der Waals surface area contributed by atoms with Crippen LogP contribution in [0.3, 0.4) is 0 Å². The van der Waals surface area contributed by atoms with Crippen LogP contribution in [0, 0.1) is 12.8 Å². The maximum absolute atomic E-state index is 5.77. The van der Waals surface area contributed by atoms with Gasteiger partial charge in [-0.05, 0) is 25.5 Å². The molecule has 0 bridgehead atoms. The van der Waals surface area contributed by atoms with E-state index in [1.54, 1.807) is 0 Å². The van der Waals surface area contributed by atoms with Crippen molar-refractivity contribution in [2.24, 2.45) is 11.7 Å². The molecule has 0 aliphatic carbocycles. The lowest BCUT2D eigenvalue weighted by Crippen LogP contribution is -2.28. The number of furan rings is 1. The first kappa shape index (κ1) is 15.3. The molecule has 0 amide bonds. The van der Waals surface area contributed by atoms with Crippen LogP contribution >= 0.6 is 0 Å². The van der Waals surface area contributed by atoms with Crippen molar-refractivity contribution >= 4 is 0 Å². The lowest BCUT2D eigenvalue weighted by molar-refractivity contribution is 0.210. The second-order valence-electron chi connectivity index (χ2n) is 5.01. The summed E-state index contributed by atoms with van der Waals surface area (Å²) in [5.41, 5.74) is 6.81. The summed E-state index contributed by atoms with van der Waals surface area (Å²) in [5, 5.41) is 0. The summed E-state index contributed by atoms with van der Waals surface area (Å²) in [7, 11) is 0. The SMILES string of the molecule is CCC(CC)CN(CC)Cc1cc(CN)c(C)o1. The predicted octanol–water partition coefficient (Wildman–Crippen LogP) is 3.30. The van der Waals surface area contributed by atoms with Crippen LogP contribution in [-0.2, 0) is 13.1 Å². The highest BCUT2D eigenvalue weighted by molar-refractivity contribution is 5.20. The molecule has 1 heterocycles. The largest absolute Gasteiger partial charge is 0.465 e. The highest BCUT2D eigenvalue weighted by Crippen LogP contribution is 2.17.